The maximum absolute atomic E-state index is 11.4. The van der Waals surface area contributed by atoms with Gasteiger partial charge in [-0.25, -0.2) is 0 Å². The predicted octanol–water partition coefficient (Wildman–Crippen LogP) is 2.33. The van der Waals surface area contributed by atoms with Crippen LogP contribution in [0.15, 0.2) is 24.3 Å². The fraction of sp³-hybridized carbons (Fsp3) is 0.429. The zero-order valence-corrected chi connectivity index (χ0v) is 10.4. The third-order valence-corrected chi connectivity index (χ3v) is 3.37. The first-order valence-electron chi connectivity index (χ1n) is 6.17. The molecule has 1 atom stereocenters. The van der Waals surface area contributed by atoms with Gasteiger partial charge in [0.25, 0.3) is 0 Å². The highest BCUT2D eigenvalue weighted by Crippen LogP contribution is 2.28. The largest absolute Gasteiger partial charge is 0.481 e. The summed E-state index contributed by atoms with van der Waals surface area (Å²) in [5, 5.41) is 8.90. The Labute approximate surface area is 106 Å². The number of hydrogen-bond acceptors (Lipinski definition) is 3. The number of aliphatic carboxylic acids is 1. The van der Waals surface area contributed by atoms with Crippen molar-refractivity contribution in [2.24, 2.45) is 0 Å². The standard InChI is InChI=1S/C14H17NO3/c1-10(16)11-4-2-5-12(8-11)15-7-3-6-13(15)9-14(17)18/h2,4-5,8,13H,3,6-7,9H2,1H3,(H,17,18). The van der Waals surface area contributed by atoms with E-state index in [0.29, 0.717) is 5.56 Å². The van der Waals surface area contributed by atoms with E-state index in [9.17, 15) is 9.59 Å². The van der Waals surface area contributed by atoms with E-state index in [0.717, 1.165) is 25.1 Å². The maximum Gasteiger partial charge on any atom is 0.305 e. The first-order valence-corrected chi connectivity index (χ1v) is 6.17. The molecule has 0 aromatic heterocycles. The minimum absolute atomic E-state index is 0.0332. The topological polar surface area (TPSA) is 57.6 Å². The molecule has 1 aliphatic heterocycles. The molecule has 0 radical (unpaired) electrons. The number of anilines is 1. The van der Waals surface area contributed by atoms with Gasteiger partial charge in [-0.2, -0.15) is 0 Å². The Bertz CT molecular complexity index is 470. The monoisotopic (exact) mass is 247 g/mol. The van der Waals surface area contributed by atoms with Crippen molar-refractivity contribution in [2.45, 2.75) is 32.2 Å². The fourth-order valence-electron chi connectivity index (χ4n) is 2.49. The van der Waals surface area contributed by atoms with Gasteiger partial charge in [0.2, 0.25) is 0 Å². The second-order valence-corrected chi connectivity index (χ2v) is 4.69. The van der Waals surface area contributed by atoms with Crippen LogP contribution in [-0.4, -0.2) is 29.4 Å². The third kappa shape index (κ3) is 2.70. The lowest BCUT2D eigenvalue weighted by Crippen LogP contribution is -2.31. The van der Waals surface area contributed by atoms with Crippen molar-refractivity contribution in [1.82, 2.24) is 0 Å². The number of hydrogen-bond donors (Lipinski definition) is 1. The second kappa shape index (κ2) is 5.21. The van der Waals surface area contributed by atoms with Gasteiger partial charge in [0.1, 0.15) is 0 Å². The molecule has 1 aliphatic rings. The van der Waals surface area contributed by atoms with Gasteiger partial charge in [-0.1, -0.05) is 12.1 Å². The molecule has 1 aromatic rings. The molecule has 1 unspecified atom stereocenters. The number of benzene rings is 1. The Morgan fingerprint density at radius 2 is 2.22 bits per heavy atom. The Morgan fingerprint density at radius 3 is 2.89 bits per heavy atom. The molecule has 0 spiro atoms. The fourth-order valence-corrected chi connectivity index (χ4v) is 2.49. The number of Topliss-reactive ketones (excluding diaryl/α,β-unsaturated/α-hetero) is 1. The highest BCUT2D eigenvalue weighted by Gasteiger charge is 2.26. The summed E-state index contributed by atoms with van der Waals surface area (Å²) in [6.07, 6.45) is 2.06. The van der Waals surface area contributed by atoms with E-state index in [4.69, 9.17) is 5.11 Å². The van der Waals surface area contributed by atoms with Gasteiger partial charge in [-0.3, -0.25) is 9.59 Å². The average molecular weight is 247 g/mol. The van der Waals surface area contributed by atoms with Crippen molar-refractivity contribution < 1.29 is 14.7 Å². The summed E-state index contributed by atoms with van der Waals surface area (Å²) in [4.78, 5) is 24.3. The third-order valence-electron chi connectivity index (χ3n) is 3.37. The van der Waals surface area contributed by atoms with E-state index in [1.807, 2.05) is 18.2 Å². The number of nitrogens with zero attached hydrogens (tertiary/aromatic N) is 1. The molecule has 18 heavy (non-hydrogen) atoms. The molecule has 1 aromatic carbocycles. The first kappa shape index (κ1) is 12.6. The summed E-state index contributed by atoms with van der Waals surface area (Å²) >= 11 is 0. The van der Waals surface area contributed by atoms with Crippen molar-refractivity contribution in [3.8, 4) is 0 Å². The van der Waals surface area contributed by atoms with Crippen molar-refractivity contribution >= 4 is 17.4 Å². The Morgan fingerprint density at radius 1 is 1.44 bits per heavy atom. The molecule has 96 valence electrons. The summed E-state index contributed by atoms with van der Waals surface area (Å²) in [7, 11) is 0. The van der Waals surface area contributed by atoms with Crippen LogP contribution in [-0.2, 0) is 4.79 Å². The predicted molar refractivity (Wildman–Crippen MR) is 69.1 cm³/mol. The first-order chi connectivity index (χ1) is 8.58. The zero-order chi connectivity index (χ0) is 13.1. The highest BCUT2D eigenvalue weighted by atomic mass is 16.4. The quantitative estimate of drug-likeness (QED) is 0.830. The normalized spacial score (nSPS) is 18.9. The number of carbonyl (C=O) groups is 2. The molecule has 1 heterocycles. The molecular weight excluding hydrogens is 230 g/mol. The van der Waals surface area contributed by atoms with Gasteiger partial charge in [0.05, 0.1) is 6.42 Å². The average Bonchev–Trinajstić information content (AvgIpc) is 2.76. The van der Waals surface area contributed by atoms with Crippen LogP contribution in [0.2, 0.25) is 0 Å². The molecule has 0 aliphatic carbocycles. The van der Waals surface area contributed by atoms with Crippen LogP contribution in [0.5, 0.6) is 0 Å². The molecule has 0 bridgehead atoms. The highest BCUT2D eigenvalue weighted by molar-refractivity contribution is 5.95. The van der Waals surface area contributed by atoms with Crippen LogP contribution in [0.3, 0.4) is 0 Å². The minimum Gasteiger partial charge on any atom is -0.481 e. The number of ketones is 1. The van der Waals surface area contributed by atoms with Crippen LogP contribution in [0.25, 0.3) is 0 Å². The van der Waals surface area contributed by atoms with E-state index in [-0.39, 0.29) is 18.2 Å². The number of carboxylic acids is 1. The summed E-state index contributed by atoms with van der Waals surface area (Å²) in [6.45, 7) is 2.40. The lowest BCUT2D eigenvalue weighted by atomic mass is 10.1. The summed E-state index contributed by atoms with van der Waals surface area (Å²) in [6, 6.07) is 7.47. The number of carbonyl (C=O) groups excluding carboxylic acids is 1. The molecule has 4 heteroatoms. The van der Waals surface area contributed by atoms with Gasteiger partial charge in [-0.05, 0) is 31.9 Å². The molecule has 1 N–H and O–H groups in total. The lowest BCUT2D eigenvalue weighted by molar-refractivity contribution is -0.137. The van der Waals surface area contributed by atoms with Crippen LogP contribution in [0.4, 0.5) is 5.69 Å². The molecule has 4 nitrogen and oxygen atoms in total. The second-order valence-electron chi connectivity index (χ2n) is 4.69. The zero-order valence-electron chi connectivity index (χ0n) is 10.4. The Balaban J connectivity index is 2.21. The van der Waals surface area contributed by atoms with Gasteiger partial charge < -0.3 is 10.0 Å². The maximum atomic E-state index is 11.4. The lowest BCUT2D eigenvalue weighted by Gasteiger charge is -2.26. The molecule has 1 fully saturated rings. The van der Waals surface area contributed by atoms with Crippen LogP contribution in [0.1, 0.15) is 36.5 Å². The molecule has 1 saturated heterocycles. The van der Waals surface area contributed by atoms with Gasteiger partial charge in [-0.15, -0.1) is 0 Å². The summed E-state index contributed by atoms with van der Waals surface area (Å²) in [5.74, 6) is -0.736. The van der Waals surface area contributed by atoms with Gasteiger partial charge in [0, 0.05) is 23.8 Å². The van der Waals surface area contributed by atoms with Crippen molar-refractivity contribution in [1.29, 1.82) is 0 Å². The van der Waals surface area contributed by atoms with Gasteiger partial charge >= 0.3 is 5.97 Å². The smallest absolute Gasteiger partial charge is 0.305 e. The minimum atomic E-state index is -0.769. The summed E-state index contributed by atoms with van der Waals surface area (Å²) < 4.78 is 0. The molecule has 2 rings (SSSR count). The number of rotatable bonds is 4. The summed E-state index contributed by atoms with van der Waals surface area (Å²) in [5.41, 5.74) is 1.62. The van der Waals surface area contributed by atoms with E-state index in [2.05, 4.69) is 4.90 Å². The molecule has 0 saturated carbocycles. The van der Waals surface area contributed by atoms with E-state index >= 15 is 0 Å². The molecule has 0 amide bonds. The number of carboxylic acid groups (broad SMARTS) is 1. The van der Waals surface area contributed by atoms with Gasteiger partial charge in [0.15, 0.2) is 5.78 Å². The molecular formula is C14H17NO3. The van der Waals surface area contributed by atoms with Crippen molar-refractivity contribution in [3.05, 3.63) is 29.8 Å². The van der Waals surface area contributed by atoms with Crippen molar-refractivity contribution in [2.75, 3.05) is 11.4 Å². The Hall–Kier alpha value is -1.84. The van der Waals surface area contributed by atoms with Crippen LogP contribution >= 0.6 is 0 Å². The van der Waals surface area contributed by atoms with Crippen molar-refractivity contribution in [3.63, 3.8) is 0 Å². The van der Waals surface area contributed by atoms with E-state index in [1.54, 1.807) is 6.07 Å². The Kier molecular flexibility index (Phi) is 3.65. The van der Waals surface area contributed by atoms with E-state index in [1.165, 1.54) is 6.92 Å². The SMILES string of the molecule is CC(=O)c1cccc(N2CCCC2CC(=O)O)c1. The van der Waals surface area contributed by atoms with Crippen LogP contribution < -0.4 is 4.90 Å². The van der Waals surface area contributed by atoms with E-state index < -0.39 is 5.97 Å². The van der Waals surface area contributed by atoms with Crippen LogP contribution in [0, 0.1) is 0 Å².